The van der Waals surface area contributed by atoms with Crippen molar-refractivity contribution in [1.29, 1.82) is 0 Å². The number of carbonyl (C=O) groups is 2. The monoisotopic (exact) mass is 384 g/mol. The normalized spacial score (nSPS) is 20.6. The highest BCUT2D eigenvalue weighted by molar-refractivity contribution is 5.93. The highest BCUT2D eigenvalue weighted by Gasteiger charge is 2.43. The lowest BCUT2D eigenvalue weighted by Crippen LogP contribution is -2.48. The predicted molar refractivity (Wildman–Crippen MR) is 106 cm³/mol. The van der Waals surface area contributed by atoms with Crippen LogP contribution in [0.15, 0.2) is 36.4 Å². The molecule has 1 unspecified atom stereocenters. The van der Waals surface area contributed by atoms with E-state index in [2.05, 4.69) is 11.9 Å². The topological polar surface area (TPSA) is 102 Å². The molecular formula is C21H25FN4O2. The number of primary amides is 1. The first kappa shape index (κ1) is 19.8. The lowest BCUT2D eigenvalue weighted by atomic mass is 9.84. The van der Waals surface area contributed by atoms with Gasteiger partial charge in [0.25, 0.3) is 5.91 Å². The summed E-state index contributed by atoms with van der Waals surface area (Å²) in [7, 11) is 0. The van der Waals surface area contributed by atoms with E-state index >= 15 is 0 Å². The Morgan fingerprint density at radius 3 is 2.46 bits per heavy atom. The van der Waals surface area contributed by atoms with Crippen molar-refractivity contribution >= 4 is 23.3 Å². The van der Waals surface area contributed by atoms with E-state index in [1.807, 2.05) is 4.90 Å². The summed E-state index contributed by atoms with van der Waals surface area (Å²) >= 11 is 0. The highest BCUT2D eigenvalue weighted by atomic mass is 19.1. The highest BCUT2D eigenvalue weighted by Crippen LogP contribution is 2.45. The zero-order valence-corrected chi connectivity index (χ0v) is 16.1. The van der Waals surface area contributed by atoms with E-state index in [0.29, 0.717) is 23.7 Å². The third kappa shape index (κ3) is 4.30. The summed E-state index contributed by atoms with van der Waals surface area (Å²) in [6.45, 7) is 3.79. The molecular weight excluding hydrogens is 359 g/mol. The SMILES string of the molecule is CC(=O)N1c2ccc(F)cc2CC(C)[C@@H]1C1CC1.NC(=O)c1cccc(N)n1. The Kier molecular flexibility index (Phi) is 5.63. The summed E-state index contributed by atoms with van der Waals surface area (Å²) < 4.78 is 13.3. The molecule has 1 aliphatic carbocycles. The molecule has 28 heavy (non-hydrogen) atoms. The molecule has 0 spiro atoms. The van der Waals surface area contributed by atoms with Gasteiger partial charge in [-0.25, -0.2) is 9.37 Å². The van der Waals surface area contributed by atoms with Crippen LogP contribution in [-0.2, 0) is 11.2 Å². The molecule has 2 amide bonds. The van der Waals surface area contributed by atoms with Crippen LogP contribution in [0.4, 0.5) is 15.9 Å². The van der Waals surface area contributed by atoms with E-state index in [4.69, 9.17) is 11.5 Å². The lowest BCUT2D eigenvalue weighted by Gasteiger charge is -2.41. The van der Waals surface area contributed by atoms with Crippen LogP contribution >= 0.6 is 0 Å². The number of carbonyl (C=O) groups excluding carboxylic acids is 2. The molecule has 0 bridgehead atoms. The Morgan fingerprint density at radius 1 is 1.21 bits per heavy atom. The van der Waals surface area contributed by atoms with Crippen molar-refractivity contribution in [3.63, 3.8) is 0 Å². The number of halogens is 1. The van der Waals surface area contributed by atoms with Crippen molar-refractivity contribution in [2.24, 2.45) is 17.6 Å². The van der Waals surface area contributed by atoms with Gasteiger partial charge in [-0.15, -0.1) is 0 Å². The molecule has 4 rings (SSSR count). The summed E-state index contributed by atoms with van der Waals surface area (Å²) in [6.07, 6.45) is 3.31. The summed E-state index contributed by atoms with van der Waals surface area (Å²) in [6, 6.07) is 9.82. The predicted octanol–water partition coefficient (Wildman–Crippen LogP) is 2.91. The molecule has 2 atom stereocenters. The first-order valence-electron chi connectivity index (χ1n) is 9.38. The second-order valence-electron chi connectivity index (χ2n) is 7.48. The minimum atomic E-state index is -0.563. The minimum Gasteiger partial charge on any atom is -0.384 e. The number of rotatable bonds is 2. The Morgan fingerprint density at radius 2 is 1.93 bits per heavy atom. The third-order valence-electron chi connectivity index (χ3n) is 5.19. The van der Waals surface area contributed by atoms with E-state index in [-0.39, 0.29) is 17.4 Å². The van der Waals surface area contributed by atoms with Gasteiger partial charge in [0.1, 0.15) is 17.3 Å². The van der Waals surface area contributed by atoms with Crippen LogP contribution in [0.1, 0.15) is 42.7 Å². The number of aromatic nitrogens is 1. The molecule has 148 valence electrons. The standard InChI is InChI=1S/C15H18FNO.C6H7N3O/c1-9-7-12-8-13(16)5-6-14(12)17(10(2)18)15(9)11-3-4-11;7-5-3-1-2-4(9-5)6(8)10/h5-6,8-9,11,15H,3-4,7H2,1-2H3;1-3H,(H2,7,9)(H2,8,10)/t9?,15-;/m1./s1. The van der Waals surface area contributed by atoms with Crippen molar-refractivity contribution in [2.45, 2.75) is 39.2 Å². The van der Waals surface area contributed by atoms with Crippen LogP contribution in [0, 0.1) is 17.7 Å². The van der Waals surface area contributed by atoms with E-state index in [1.165, 1.54) is 25.0 Å². The van der Waals surface area contributed by atoms with E-state index in [1.54, 1.807) is 31.2 Å². The zero-order chi connectivity index (χ0) is 20.4. The number of amides is 2. The number of pyridine rings is 1. The molecule has 4 N–H and O–H groups in total. The summed E-state index contributed by atoms with van der Waals surface area (Å²) in [5.74, 6) is 0.655. The molecule has 1 aliphatic heterocycles. The number of anilines is 2. The average Bonchev–Trinajstić information content (AvgIpc) is 3.45. The molecule has 1 fully saturated rings. The second-order valence-corrected chi connectivity index (χ2v) is 7.48. The molecule has 0 radical (unpaired) electrons. The molecule has 2 aliphatic rings. The number of fused-ring (bicyclic) bond motifs is 1. The van der Waals surface area contributed by atoms with Crippen molar-refractivity contribution in [3.8, 4) is 0 Å². The maximum absolute atomic E-state index is 13.3. The largest absolute Gasteiger partial charge is 0.384 e. The second kappa shape index (κ2) is 7.96. The third-order valence-corrected chi connectivity index (χ3v) is 5.19. The van der Waals surface area contributed by atoms with Crippen LogP contribution in [0.2, 0.25) is 0 Å². The van der Waals surface area contributed by atoms with Crippen molar-refractivity contribution < 1.29 is 14.0 Å². The number of nitrogen functional groups attached to an aromatic ring is 1. The molecule has 1 aromatic carbocycles. The van der Waals surface area contributed by atoms with Gasteiger partial charge in [-0.1, -0.05) is 13.0 Å². The number of hydrogen-bond donors (Lipinski definition) is 2. The number of nitrogens with two attached hydrogens (primary N) is 2. The van der Waals surface area contributed by atoms with Gasteiger partial charge in [-0.3, -0.25) is 9.59 Å². The van der Waals surface area contributed by atoms with Gasteiger partial charge in [0.2, 0.25) is 5.91 Å². The summed E-state index contributed by atoms with van der Waals surface area (Å²) in [4.78, 5) is 28.0. The molecule has 0 saturated heterocycles. The van der Waals surface area contributed by atoms with E-state index in [9.17, 15) is 14.0 Å². The molecule has 2 aromatic rings. The maximum atomic E-state index is 13.3. The smallest absolute Gasteiger partial charge is 0.267 e. The van der Waals surface area contributed by atoms with Gasteiger partial charge in [-0.2, -0.15) is 0 Å². The molecule has 2 heterocycles. The molecule has 6 nitrogen and oxygen atoms in total. The van der Waals surface area contributed by atoms with Crippen molar-refractivity contribution in [2.75, 3.05) is 10.6 Å². The quantitative estimate of drug-likeness (QED) is 0.831. The van der Waals surface area contributed by atoms with Gasteiger partial charge in [0, 0.05) is 18.7 Å². The summed E-state index contributed by atoms with van der Waals surface area (Å²) in [5, 5.41) is 0. The van der Waals surface area contributed by atoms with Crippen LogP contribution in [-0.4, -0.2) is 22.8 Å². The molecule has 1 aromatic heterocycles. The number of benzene rings is 1. The van der Waals surface area contributed by atoms with Crippen molar-refractivity contribution in [1.82, 2.24) is 4.98 Å². The fourth-order valence-electron chi connectivity index (χ4n) is 3.92. The van der Waals surface area contributed by atoms with E-state index in [0.717, 1.165) is 17.7 Å². The van der Waals surface area contributed by atoms with Crippen LogP contribution in [0.25, 0.3) is 0 Å². The van der Waals surface area contributed by atoms with Gasteiger partial charge in [-0.05, 0) is 67.0 Å². The molecule has 1 saturated carbocycles. The van der Waals surface area contributed by atoms with Gasteiger partial charge >= 0.3 is 0 Å². The Bertz CT molecular complexity index is 898. The molecule has 7 heteroatoms. The van der Waals surface area contributed by atoms with Crippen molar-refractivity contribution in [3.05, 3.63) is 53.5 Å². The Hall–Kier alpha value is -2.96. The Balaban J connectivity index is 0.000000192. The van der Waals surface area contributed by atoms with Crippen LogP contribution in [0.3, 0.4) is 0 Å². The lowest BCUT2D eigenvalue weighted by molar-refractivity contribution is -0.117. The number of hydrogen-bond acceptors (Lipinski definition) is 4. The first-order chi connectivity index (χ1) is 13.3. The average molecular weight is 384 g/mol. The summed E-state index contributed by atoms with van der Waals surface area (Å²) in [5.41, 5.74) is 12.3. The Labute approximate surface area is 163 Å². The first-order valence-corrected chi connectivity index (χ1v) is 9.38. The van der Waals surface area contributed by atoms with Gasteiger partial charge in [0.05, 0.1) is 0 Å². The van der Waals surface area contributed by atoms with Crippen LogP contribution < -0.4 is 16.4 Å². The van der Waals surface area contributed by atoms with E-state index < -0.39 is 5.91 Å². The maximum Gasteiger partial charge on any atom is 0.267 e. The van der Waals surface area contributed by atoms with Gasteiger partial charge < -0.3 is 16.4 Å². The van der Waals surface area contributed by atoms with Crippen LogP contribution in [0.5, 0.6) is 0 Å². The fourth-order valence-corrected chi connectivity index (χ4v) is 3.92. The minimum absolute atomic E-state index is 0.0753. The van der Waals surface area contributed by atoms with Gasteiger partial charge in [0.15, 0.2) is 0 Å². The number of nitrogens with zero attached hydrogens (tertiary/aromatic N) is 2. The fraction of sp³-hybridized carbons (Fsp3) is 0.381. The zero-order valence-electron chi connectivity index (χ0n) is 16.1.